The highest BCUT2D eigenvalue weighted by atomic mass is 31.2. The molecular weight excluding hydrogens is 1290 g/mol. The summed E-state index contributed by atoms with van der Waals surface area (Å²) >= 11 is 0. The maximum Gasteiger partial charge on any atom is 0.408 e. The standard InChI is InChI=1S/C25H52NO4P.C16H32NO4P.C14H29N2O8P.C10H20NO4P/c1-22(2)12-9-13-23(3)14-10-15-24(4)16-11-17-25(5)18-20-29-31(27,28)30-21-19-26(6,7)8;1-5-6-7-8-9-10-11-12-13-15-20-22(18,19)21-16-14-17(2,3)4;1-14(2,3)24-13(18)15-11(12(17)21-7)10-23-25(19,20)22-9-8-16(4,5)6;1-11(2,3)8-9-14-16(12,13)15-10-6-4-5-7-10/h18,22-24H,9-17,19-21H2,1-8H3;1H,6-16H2,2-4H3;11H,8-10H2,1-7H3,(H-,15,18,19,20);4-5,10H,6-9H2,1-3H3/b25-18+;;;/t23-,24-;;;/m1.../s1. The van der Waals surface area contributed by atoms with Gasteiger partial charge in [-0.1, -0.05) is 129 Å². The topological polar surface area (TPSA) is 299 Å². The number of phosphoric acid groups is 4. The molecule has 0 bridgehead atoms. The highest BCUT2D eigenvalue weighted by Gasteiger charge is 2.28. The lowest BCUT2D eigenvalue weighted by Gasteiger charge is -2.28. The van der Waals surface area contributed by atoms with E-state index in [4.69, 9.17) is 42.8 Å². The molecule has 0 saturated heterocycles. The largest absolute Gasteiger partial charge is 0.756 e. The molecular formula is C65H133N5O20P4. The number of quaternary nitrogens is 4. The Hall–Kier alpha value is -1.94. The molecule has 0 aromatic rings. The van der Waals surface area contributed by atoms with Gasteiger partial charge in [-0.05, 0) is 84.0 Å². The van der Waals surface area contributed by atoms with E-state index in [1.165, 1.54) is 69.8 Å². The fourth-order valence-electron chi connectivity index (χ4n) is 8.11. The Morgan fingerprint density at radius 3 is 1.36 bits per heavy atom. The lowest BCUT2D eigenvalue weighted by molar-refractivity contribution is -0.870. The van der Waals surface area contributed by atoms with Crippen LogP contribution in [-0.2, 0) is 68.7 Å². The molecule has 1 amide bonds. The number of hydrogen-bond acceptors (Lipinski definition) is 20. The molecule has 0 fully saturated rings. The summed E-state index contributed by atoms with van der Waals surface area (Å²) in [5.41, 5.74) is 0.394. The van der Waals surface area contributed by atoms with E-state index < -0.39 is 61.6 Å². The highest BCUT2D eigenvalue weighted by Crippen LogP contribution is 2.43. The summed E-state index contributed by atoms with van der Waals surface area (Å²) in [5.74, 6) is 4.19. The third-order valence-electron chi connectivity index (χ3n) is 13.9. The van der Waals surface area contributed by atoms with Gasteiger partial charge in [-0.25, -0.2) is 9.59 Å². The molecule has 0 spiro atoms. The second kappa shape index (κ2) is 50.4. The van der Waals surface area contributed by atoms with E-state index in [0.717, 1.165) is 69.8 Å². The van der Waals surface area contributed by atoms with Gasteiger partial charge in [0.15, 0.2) is 6.04 Å². The number of likely N-dealkylation sites (N-methyl/N-ethyl adjacent to an activating group) is 4. The minimum Gasteiger partial charge on any atom is -0.756 e. The number of ether oxygens (including phenoxy) is 2. The van der Waals surface area contributed by atoms with Crippen molar-refractivity contribution >= 4 is 43.4 Å². The number of unbranched alkanes of at least 4 members (excludes halogenated alkanes) is 7. The van der Waals surface area contributed by atoms with Crippen molar-refractivity contribution in [2.45, 2.75) is 195 Å². The molecule has 0 radical (unpaired) electrons. The Kier molecular flexibility index (Phi) is 51.6. The number of phosphoric ester groups is 4. The first-order valence-electron chi connectivity index (χ1n) is 33.5. The third-order valence-corrected chi connectivity index (χ3v) is 17.9. The third kappa shape index (κ3) is 69.9. The van der Waals surface area contributed by atoms with Crippen molar-refractivity contribution in [1.29, 1.82) is 0 Å². The quantitative estimate of drug-likeness (QED) is 0.0148. The van der Waals surface area contributed by atoms with Crippen LogP contribution in [0.2, 0.25) is 0 Å². The number of esters is 1. The summed E-state index contributed by atoms with van der Waals surface area (Å²) in [6.45, 7) is 18.6. The van der Waals surface area contributed by atoms with Gasteiger partial charge in [0, 0.05) is 6.42 Å². The summed E-state index contributed by atoms with van der Waals surface area (Å²) in [4.78, 5) is 69.8. The van der Waals surface area contributed by atoms with Crippen LogP contribution in [-0.4, -0.2) is 212 Å². The lowest BCUT2D eigenvalue weighted by atomic mass is 9.91. The van der Waals surface area contributed by atoms with E-state index >= 15 is 0 Å². The Bertz CT molecular complexity index is 2300. The second-order valence-corrected chi connectivity index (χ2v) is 35.4. The van der Waals surface area contributed by atoms with Crippen LogP contribution in [0.3, 0.4) is 0 Å². The fraction of sp³-hybridized carbons (Fsp3) is 0.877. The molecule has 0 aliphatic heterocycles. The fourth-order valence-corrected chi connectivity index (χ4v) is 11.1. The summed E-state index contributed by atoms with van der Waals surface area (Å²) in [6, 6.07) is -1.36. The molecule has 25 nitrogen and oxygen atoms in total. The minimum absolute atomic E-state index is 0.0568. The molecule has 0 saturated carbocycles. The maximum atomic E-state index is 11.8. The van der Waals surface area contributed by atoms with Crippen molar-refractivity contribution in [2.75, 3.05) is 164 Å². The summed E-state index contributed by atoms with van der Waals surface area (Å²) in [7, 11) is 7.44. The molecule has 1 aliphatic rings. The first kappa shape index (κ1) is 96.2. The number of rotatable bonds is 48. The first-order chi connectivity index (χ1) is 43.0. The van der Waals surface area contributed by atoms with E-state index in [1.807, 2.05) is 110 Å². The van der Waals surface area contributed by atoms with Gasteiger partial charge in [0.1, 0.15) is 58.2 Å². The van der Waals surface area contributed by atoms with Crippen LogP contribution in [0.1, 0.15) is 177 Å². The van der Waals surface area contributed by atoms with E-state index in [0.29, 0.717) is 57.0 Å². The molecule has 1 N–H and O–H groups in total. The minimum atomic E-state index is -4.63. The van der Waals surface area contributed by atoms with Crippen molar-refractivity contribution in [3.63, 3.8) is 0 Å². The van der Waals surface area contributed by atoms with Crippen molar-refractivity contribution in [3.8, 4) is 12.3 Å². The van der Waals surface area contributed by atoms with Gasteiger partial charge in [-0.15, -0.1) is 12.3 Å². The molecule has 0 aromatic carbocycles. The average molecular weight is 1430 g/mol. The molecule has 0 aromatic heterocycles. The number of hydrogen-bond donors (Lipinski definition) is 1. The van der Waals surface area contributed by atoms with Crippen LogP contribution in [0.4, 0.5) is 4.79 Å². The van der Waals surface area contributed by atoms with Crippen molar-refractivity contribution in [3.05, 3.63) is 23.8 Å². The van der Waals surface area contributed by atoms with Gasteiger partial charge in [0.2, 0.25) is 0 Å². The summed E-state index contributed by atoms with van der Waals surface area (Å²) in [5, 5.41) is 2.20. The predicted molar refractivity (Wildman–Crippen MR) is 366 cm³/mol. The molecule has 7 atom stereocenters. The summed E-state index contributed by atoms with van der Waals surface area (Å²) < 4.78 is 97.1. The van der Waals surface area contributed by atoms with Crippen LogP contribution < -0.4 is 24.9 Å². The Morgan fingerprint density at radius 2 is 0.947 bits per heavy atom. The van der Waals surface area contributed by atoms with Crippen LogP contribution in [0, 0.1) is 30.1 Å². The molecule has 1 rings (SSSR count). The molecule has 558 valence electrons. The van der Waals surface area contributed by atoms with E-state index in [-0.39, 0.29) is 45.7 Å². The van der Waals surface area contributed by atoms with Crippen molar-refractivity contribution in [2.24, 2.45) is 17.8 Å². The second-order valence-electron chi connectivity index (χ2n) is 29.8. The lowest BCUT2D eigenvalue weighted by Crippen LogP contribution is -2.46. The van der Waals surface area contributed by atoms with Crippen LogP contribution >= 0.6 is 31.3 Å². The van der Waals surface area contributed by atoms with Crippen LogP contribution in [0.25, 0.3) is 0 Å². The molecule has 5 unspecified atom stereocenters. The van der Waals surface area contributed by atoms with Gasteiger partial charge in [0.25, 0.3) is 31.3 Å². The SMILES string of the molecule is C#CCCCCCCCCCOP(=O)([O-])OCC[N+](C)(C)C.C/C(=C\COP(=O)([O-])OCC[N+](C)(C)C)CCC[C@H](C)CCC[C@H](C)CCCC(C)C.COC(=O)C(COP(=O)([O-])OCC[N+](C)(C)C)NC(=O)OC(C)(C)C.C[N+](C)(C)CCOP(=O)([O-])OC1CC=CC1. The molecule has 0 heterocycles. The number of terminal acetylenes is 1. The van der Waals surface area contributed by atoms with E-state index in [2.05, 4.69) is 48.2 Å². The van der Waals surface area contributed by atoms with Crippen molar-refractivity contribution < 1.29 is 111 Å². The zero-order chi connectivity index (χ0) is 72.9. The maximum absolute atomic E-state index is 11.8. The van der Waals surface area contributed by atoms with E-state index in [9.17, 15) is 47.4 Å². The van der Waals surface area contributed by atoms with Crippen molar-refractivity contribution in [1.82, 2.24) is 5.32 Å². The number of methoxy groups -OCH3 is 1. The molecule has 94 heavy (non-hydrogen) atoms. The molecule has 29 heteroatoms. The van der Waals surface area contributed by atoms with Gasteiger partial charge in [-0.3, -0.25) is 18.3 Å². The number of carbonyl (C=O) groups excluding carboxylic acids is 2. The Labute approximate surface area is 570 Å². The number of carbonyl (C=O) groups is 2. The number of alkyl carbamates (subject to hydrolysis) is 1. The number of nitrogens with one attached hydrogen (secondary N) is 1. The molecule has 1 aliphatic carbocycles. The number of nitrogens with zero attached hydrogens (tertiary/aromatic N) is 4. The first-order valence-corrected chi connectivity index (χ1v) is 39.3. The highest BCUT2D eigenvalue weighted by molar-refractivity contribution is 7.46. The van der Waals surface area contributed by atoms with Gasteiger partial charge < -0.3 is 88.5 Å². The monoisotopic (exact) mass is 1430 g/mol. The number of allylic oxidation sites excluding steroid dienone is 1. The predicted octanol–water partition coefficient (Wildman–Crippen LogP) is 10.7. The normalized spacial score (nSPS) is 16.8. The summed E-state index contributed by atoms with van der Waals surface area (Å²) in [6.07, 6.45) is 30.8. The smallest absolute Gasteiger partial charge is 0.408 e. The van der Waals surface area contributed by atoms with Gasteiger partial charge in [0.05, 0.1) is 118 Å². The zero-order valence-electron chi connectivity index (χ0n) is 62.2. The Morgan fingerprint density at radius 1 is 0.564 bits per heavy atom. The van der Waals surface area contributed by atoms with Gasteiger partial charge >= 0.3 is 12.1 Å². The average Bonchev–Trinajstić information content (AvgIpc) is 1.52. The van der Waals surface area contributed by atoms with Crippen LogP contribution in [0.15, 0.2) is 23.8 Å². The van der Waals surface area contributed by atoms with Gasteiger partial charge in [-0.2, -0.15) is 0 Å². The number of amides is 1. The zero-order valence-corrected chi connectivity index (χ0v) is 65.7. The van der Waals surface area contributed by atoms with E-state index in [1.54, 1.807) is 20.8 Å². The van der Waals surface area contributed by atoms with Crippen LogP contribution in [0.5, 0.6) is 0 Å². The Balaban J connectivity index is -0.00000120.